The smallest absolute Gasteiger partial charge is 0.307 e. The summed E-state index contributed by atoms with van der Waals surface area (Å²) in [5, 5.41) is 2.72. The molecule has 0 radical (unpaired) electrons. The van der Waals surface area contributed by atoms with Crippen LogP contribution in [0.1, 0.15) is 12.0 Å². The highest BCUT2D eigenvalue weighted by atomic mass is 16.5. The molecule has 0 saturated carbocycles. The second kappa shape index (κ2) is 8.44. The quantitative estimate of drug-likeness (QED) is 0.742. The number of methoxy groups -OCH3 is 1. The van der Waals surface area contributed by atoms with Gasteiger partial charge >= 0.3 is 5.97 Å². The van der Waals surface area contributed by atoms with Crippen molar-refractivity contribution in [3.8, 4) is 0 Å². The summed E-state index contributed by atoms with van der Waals surface area (Å²) in [7, 11) is 3.01. The predicted octanol–water partition coefficient (Wildman–Crippen LogP) is 0.00850. The minimum atomic E-state index is -0.666. The lowest BCUT2D eigenvalue weighted by Crippen LogP contribution is -2.58. The molecule has 0 aliphatic carbocycles. The van der Waals surface area contributed by atoms with Gasteiger partial charge in [0.2, 0.25) is 11.8 Å². The summed E-state index contributed by atoms with van der Waals surface area (Å²) in [6.45, 7) is 1.59. The molecule has 24 heavy (non-hydrogen) atoms. The fourth-order valence-electron chi connectivity index (χ4n) is 2.65. The van der Waals surface area contributed by atoms with Gasteiger partial charge in [0.15, 0.2) is 0 Å². The molecule has 1 atom stereocenters. The lowest BCUT2D eigenvalue weighted by molar-refractivity contribution is -0.147. The summed E-state index contributed by atoms with van der Waals surface area (Å²) >= 11 is 0. The van der Waals surface area contributed by atoms with Gasteiger partial charge in [-0.1, -0.05) is 30.3 Å². The van der Waals surface area contributed by atoms with E-state index < -0.39 is 12.0 Å². The molecular formula is C17H23N3O4. The van der Waals surface area contributed by atoms with Gasteiger partial charge in [0.05, 0.1) is 20.1 Å². The second-order valence-corrected chi connectivity index (χ2v) is 5.79. The number of likely N-dealkylation sites (N-methyl/N-ethyl adjacent to an activating group) is 1. The number of amides is 2. The zero-order valence-corrected chi connectivity index (χ0v) is 14.0. The molecule has 0 aromatic heterocycles. The van der Waals surface area contributed by atoms with E-state index in [2.05, 4.69) is 10.1 Å². The van der Waals surface area contributed by atoms with E-state index in [1.807, 2.05) is 30.3 Å². The van der Waals surface area contributed by atoms with Crippen LogP contribution >= 0.6 is 0 Å². The third-order valence-corrected chi connectivity index (χ3v) is 4.06. The summed E-state index contributed by atoms with van der Waals surface area (Å²) in [6, 6.07) is 9.02. The van der Waals surface area contributed by atoms with E-state index in [0.29, 0.717) is 19.6 Å². The van der Waals surface area contributed by atoms with Crippen LogP contribution in [0.5, 0.6) is 0 Å². The van der Waals surface area contributed by atoms with Crippen molar-refractivity contribution >= 4 is 17.8 Å². The van der Waals surface area contributed by atoms with Gasteiger partial charge in [0.1, 0.15) is 6.04 Å². The summed E-state index contributed by atoms with van der Waals surface area (Å²) < 4.78 is 4.64. The van der Waals surface area contributed by atoms with E-state index in [9.17, 15) is 14.4 Å². The number of nitrogens with zero attached hydrogens (tertiary/aromatic N) is 2. The first-order chi connectivity index (χ1) is 11.5. The molecule has 1 saturated heterocycles. The van der Waals surface area contributed by atoms with Gasteiger partial charge < -0.3 is 15.0 Å². The normalized spacial score (nSPS) is 17.9. The molecule has 1 aliphatic rings. The lowest BCUT2D eigenvalue weighted by atomic mass is 10.1. The largest absolute Gasteiger partial charge is 0.469 e. The predicted molar refractivity (Wildman–Crippen MR) is 87.9 cm³/mol. The molecular weight excluding hydrogens is 310 g/mol. The molecule has 1 N–H and O–H groups in total. The molecule has 7 heteroatoms. The van der Waals surface area contributed by atoms with Crippen LogP contribution in [0.3, 0.4) is 0 Å². The Balaban J connectivity index is 1.97. The standard InChI is InChI=1S/C17H23N3O4/c1-19(11-13-6-4-3-5-7-13)15(21)12-20-9-8-18-17(23)14(20)10-16(22)24-2/h3-7,14H,8-12H2,1-2H3,(H,18,23)/t14-/m0/s1. The molecule has 1 aromatic rings. The highest BCUT2D eigenvalue weighted by Crippen LogP contribution is 2.11. The summed E-state index contributed by atoms with van der Waals surface area (Å²) in [6.07, 6.45) is -0.0575. The third kappa shape index (κ3) is 4.79. The number of nitrogens with one attached hydrogen (secondary N) is 1. The monoisotopic (exact) mass is 333 g/mol. The van der Waals surface area contributed by atoms with E-state index in [4.69, 9.17) is 0 Å². The Morgan fingerprint density at radius 2 is 2.04 bits per heavy atom. The Bertz CT molecular complexity index is 591. The molecule has 1 fully saturated rings. The molecule has 7 nitrogen and oxygen atoms in total. The van der Waals surface area contributed by atoms with E-state index in [-0.39, 0.29) is 24.8 Å². The molecule has 0 spiro atoms. The first-order valence-electron chi connectivity index (χ1n) is 7.87. The molecule has 2 amide bonds. The Labute approximate surface area is 141 Å². The van der Waals surface area contributed by atoms with Crippen LogP contribution < -0.4 is 5.32 Å². The van der Waals surface area contributed by atoms with Gasteiger partial charge in [0.25, 0.3) is 0 Å². The molecule has 1 heterocycles. The molecule has 2 rings (SSSR count). The summed E-state index contributed by atoms with van der Waals surface area (Å²) in [5.74, 6) is -0.805. The number of ether oxygens (including phenoxy) is 1. The maximum atomic E-state index is 12.5. The number of carbonyl (C=O) groups excluding carboxylic acids is 3. The average Bonchev–Trinajstić information content (AvgIpc) is 2.58. The maximum Gasteiger partial charge on any atom is 0.307 e. The molecule has 0 bridgehead atoms. The minimum Gasteiger partial charge on any atom is -0.469 e. The van der Waals surface area contributed by atoms with Gasteiger partial charge in [-0.05, 0) is 5.56 Å². The number of hydrogen-bond acceptors (Lipinski definition) is 5. The van der Waals surface area contributed by atoms with Crippen molar-refractivity contribution in [2.24, 2.45) is 0 Å². The molecule has 130 valence electrons. The number of benzene rings is 1. The Kier molecular flexibility index (Phi) is 6.31. The van der Waals surface area contributed by atoms with Crippen LogP contribution in [0.2, 0.25) is 0 Å². The van der Waals surface area contributed by atoms with Crippen LogP contribution in [-0.2, 0) is 25.7 Å². The van der Waals surface area contributed by atoms with Crippen LogP contribution in [0.25, 0.3) is 0 Å². The van der Waals surface area contributed by atoms with E-state index >= 15 is 0 Å². The topological polar surface area (TPSA) is 79.0 Å². The maximum absolute atomic E-state index is 12.5. The number of rotatable bonds is 6. The first kappa shape index (κ1) is 17.9. The number of esters is 1. The third-order valence-electron chi connectivity index (χ3n) is 4.06. The fraction of sp³-hybridized carbons (Fsp3) is 0.471. The summed E-state index contributed by atoms with van der Waals surface area (Å²) in [4.78, 5) is 39.3. The van der Waals surface area contributed by atoms with Crippen LogP contribution in [0.15, 0.2) is 30.3 Å². The zero-order chi connectivity index (χ0) is 17.5. The molecule has 1 aliphatic heterocycles. The van der Waals surface area contributed by atoms with Crippen molar-refractivity contribution in [3.63, 3.8) is 0 Å². The zero-order valence-electron chi connectivity index (χ0n) is 14.0. The fourth-order valence-corrected chi connectivity index (χ4v) is 2.65. The van der Waals surface area contributed by atoms with Gasteiger partial charge in [-0.15, -0.1) is 0 Å². The van der Waals surface area contributed by atoms with Gasteiger partial charge in [-0.2, -0.15) is 0 Å². The van der Waals surface area contributed by atoms with Gasteiger partial charge in [-0.3, -0.25) is 19.3 Å². The van der Waals surface area contributed by atoms with Gasteiger partial charge in [0, 0.05) is 26.7 Å². The van der Waals surface area contributed by atoms with Crippen LogP contribution in [-0.4, -0.2) is 67.4 Å². The Morgan fingerprint density at radius 3 is 2.71 bits per heavy atom. The first-order valence-corrected chi connectivity index (χ1v) is 7.87. The average molecular weight is 333 g/mol. The van der Waals surface area contributed by atoms with E-state index in [1.165, 1.54) is 7.11 Å². The van der Waals surface area contributed by atoms with Crippen molar-refractivity contribution in [2.45, 2.75) is 19.0 Å². The SMILES string of the molecule is COC(=O)C[C@H]1C(=O)NCCN1CC(=O)N(C)Cc1ccccc1. The Morgan fingerprint density at radius 1 is 1.33 bits per heavy atom. The van der Waals surface area contributed by atoms with Crippen molar-refractivity contribution in [1.29, 1.82) is 0 Å². The number of hydrogen-bond donors (Lipinski definition) is 1. The van der Waals surface area contributed by atoms with Crippen molar-refractivity contribution in [1.82, 2.24) is 15.1 Å². The summed E-state index contributed by atoms with van der Waals surface area (Å²) in [5.41, 5.74) is 1.04. The molecule has 0 unspecified atom stereocenters. The Hall–Kier alpha value is -2.41. The van der Waals surface area contributed by atoms with Gasteiger partial charge in [-0.25, -0.2) is 0 Å². The highest BCUT2D eigenvalue weighted by Gasteiger charge is 2.33. The highest BCUT2D eigenvalue weighted by molar-refractivity contribution is 5.88. The van der Waals surface area contributed by atoms with Crippen LogP contribution in [0.4, 0.5) is 0 Å². The number of piperazine rings is 1. The van der Waals surface area contributed by atoms with Crippen LogP contribution in [0, 0.1) is 0 Å². The second-order valence-electron chi connectivity index (χ2n) is 5.79. The van der Waals surface area contributed by atoms with E-state index in [1.54, 1.807) is 16.8 Å². The van der Waals surface area contributed by atoms with Crippen molar-refractivity contribution < 1.29 is 19.1 Å². The minimum absolute atomic E-state index is 0.0575. The van der Waals surface area contributed by atoms with Crippen molar-refractivity contribution in [3.05, 3.63) is 35.9 Å². The lowest BCUT2D eigenvalue weighted by Gasteiger charge is -2.34. The molecule has 1 aromatic carbocycles. The van der Waals surface area contributed by atoms with E-state index in [0.717, 1.165) is 5.56 Å². The number of carbonyl (C=O) groups is 3. The van der Waals surface area contributed by atoms with Crippen molar-refractivity contribution in [2.75, 3.05) is 33.8 Å².